The van der Waals surface area contributed by atoms with E-state index < -0.39 is 0 Å². The molecule has 1 fully saturated rings. The zero-order valence-electron chi connectivity index (χ0n) is 14.3. The van der Waals surface area contributed by atoms with Crippen LogP contribution in [0.2, 0.25) is 0 Å². The lowest BCUT2D eigenvalue weighted by Crippen LogP contribution is -2.45. The number of para-hydroxylation sites is 1. The molecule has 2 atom stereocenters. The summed E-state index contributed by atoms with van der Waals surface area (Å²) >= 11 is 0. The van der Waals surface area contributed by atoms with E-state index in [1.54, 1.807) is 0 Å². The van der Waals surface area contributed by atoms with Crippen LogP contribution in [0.4, 0.5) is 5.69 Å². The largest absolute Gasteiger partial charge is 0.324 e. The number of aryl methyl sites for hydroxylation is 1. The van der Waals surface area contributed by atoms with Gasteiger partial charge < -0.3 is 10.2 Å². The second-order valence-corrected chi connectivity index (χ2v) is 6.69. The summed E-state index contributed by atoms with van der Waals surface area (Å²) in [5.74, 6) is 0.735. The number of nitrogens with one attached hydrogen (secondary N) is 1. The number of likely N-dealkylation sites (tertiary alicyclic amines) is 1. The SMILES string of the molecule is Cc1ccccc1NC(=O)C(C)N(C)CC1CCCN(C)C1. The summed E-state index contributed by atoms with van der Waals surface area (Å²) in [7, 11) is 4.23. The Morgan fingerprint density at radius 3 is 2.86 bits per heavy atom. The predicted octanol–water partition coefficient (Wildman–Crippen LogP) is 2.60. The average molecular weight is 303 g/mol. The van der Waals surface area contributed by atoms with Crippen molar-refractivity contribution in [3.8, 4) is 0 Å². The van der Waals surface area contributed by atoms with Crippen molar-refractivity contribution in [3.63, 3.8) is 0 Å². The summed E-state index contributed by atoms with van der Waals surface area (Å²) in [4.78, 5) is 17.0. The Morgan fingerprint density at radius 2 is 2.18 bits per heavy atom. The van der Waals surface area contributed by atoms with E-state index in [0.717, 1.165) is 24.3 Å². The van der Waals surface area contributed by atoms with E-state index in [2.05, 4.69) is 29.2 Å². The molecule has 122 valence electrons. The lowest BCUT2D eigenvalue weighted by molar-refractivity contribution is -0.120. The van der Waals surface area contributed by atoms with Crippen LogP contribution in [-0.2, 0) is 4.79 Å². The Hall–Kier alpha value is -1.39. The molecule has 1 saturated heterocycles. The maximum atomic E-state index is 12.4. The quantitative estimate of drug-likeness (QED) is 0.908. The first-order valence-electron chi connectivity index (χ1n) is 8.22. The van der Waals surface area contributed by atoms with Gasteiger partial charge in [0.25, 0.3) is 0 Å². The molecule has 4 heteroatoms. The number of piperidine rings is 1. The van der Waals surface area contributed by atoms with Gasteiger partial charge in [0, 0.05) is 18.8 Å². The summed E-state index contributed by atoms with van der Waals surface area (Å²) in [5.41, 5.74) is 2.00. The number of hydrogen-bond donors (Lipinski definition) is 1. The Kier molecular flexibility index (Phi) is 5.98. The van der Waals surface area contributed by atoms with E-state index >= 15 is 0 Å². The van der Waals surface area contributed by atoms with Gasteiger partial charge in [-0.15, -0.1) is 0 Å². The Balaban J connectivity index is 1.88. The Morgan fingerprint density at radius 1 is 1.45 bits per heavy atom. The first kappa shape index (κ1) is 17.0. The molecule has 1 aromatic carbocycles. The fourth-order valence-corrected chi connectivity index (χ4v) is 3.14. The minimum atomic E-state index is -0.119. The molecule has 0 spiro atoms. The lowest BCUT2D eigenvalue weighted by atomic mass is 9.97. The van der Waals surface area contributed by atoms with Gasteiger partial charge in [0.05, 0.1) is 6.04 Å². The Bertz CT molecular complexity index is 503. The second-order valence-electron chi connectivity index (χ2n) is 6.69. The van der Waals surface area contributed by atoms with Crippen LogP contribution in [0.5, 0.6) is 0 Å². The summed E-state index contributed by atoms with van der Waals surface area (Å²) in [6.45, 7) is 7.31. The van der Waals surface area contributed by atoms with E-state index in [0.29, 0.717) is 5.92 Å². The van der Waals surface area contributed by atoms with Crippen LogP contribution in [-0.4, -0.2) is 55.5 Å². The van der Waals surface area contributed by atoms with Gasteiger partial charge in [-0.25, -0.2) is 0 Å². The van der Waals surface area contributed by atoms with E-state index in [-0.39, 0.29) is 11.9 Å². The van der Waals surface area contributed by atoms with E-state index in [1.807, 2.05) is 38.1 Å². The number of amides is 1. The van der Waals surface area contributed by atoms with Gasteiger partial charge in [-0.3, -0.25) is 9.69 Å². The smallest absolute Gasteiger partial charge is 0.241 e. The fraction of sp³-hybridized carbons (Fsp3) is 0.611. The molecule has 2 unspecified atom stereocenters. The molecule has 1 aliphatic heterocycles. The molecule has 1 heterocycles. The van der Waals surface area contributed by atoms with E-state index in [1.165, 1.54) is 19.4 Å². The van der Waals surface area contributed by atoms with Crippen LogP contribution in [0.1, 0.15) is 25.3 Å². The molecule has 0 aliphatic carbocycles. The average Bonchev–Trinajstić information content (AvgIpc) is 2.48. The van der Waals surface area contributed by atoms with Crippen LogP contribution in [0.3, 0.4) is 0 Å². The van der Waals surface area contributed by atoms with Crippen molar-refractivity contribution in [2.24, 2.45) is 5.92 Å². The van der Waals surface area contributed by atoms with Gasteiger partial charge in [-0.1, -0.05) is 18.2 Å². The third-order valence-corrected chi connectivity index (χ3v) is 4.71. The minimum absolute atomic E-state index is 0.0703. The molecule has 1 aromatic rings. The molecule has 1 amide bonds. The lowest BCUT2D eigenvalue weighted by Gasteiger charge is -2.34. The predicted molar refractivity (Wildman–Crippen MR) is 92.1 cm³/mol. The molecule has 0 radical (unpaired) electrons. The van der Waals surface area contributed by atoms with Crippen molar-refractivity contribution in [2.75, 3.05) is 39.0 Å². The van der Waals surface area contributed by atoms with Crippen LogP contribution in [0, 0.1) is 12.8 Å². The number of carbonyl (C=O) groups excluding carboxylic acids is 1. The summed E-state index contributed by atoms with van der Waals surface area (Å²) in [5, 5.41) is 3.05. The summed E-state index contributed by atoms with van der Waals surface area (Å²) in [6.07, 6.45) is 2.53. The van der Waals surface area contributed by atoms with E-state index in [4.69, 9.17) is 0 Å². The molecule has 2 rings (SSSR count). The Labute approximate surface area is 134 Å². The second kappa shape index (κ2) is 7.75. The van der Waals surface area contributed by atoms with Gasteiger partial charge >= 0.3 is 0 Å². The van der Waals surface area contributed by atoms with Crippen LogP contribution in [0.25, 0.3) is 0 Å². The molecule has 22 heavy (non-hydrogen) atoms. The molecule has 0 saturated carbocycles. The third-order valence-electron chi connectivity index (χ3n) is 4.71. The van der Waals surface area contributed by atoms with Gasteiger partial charge in [0.2, 0.25) is 5.91 Å². The van der Waals surface area contributed by atoms with Gasteiger partial charge in [-0.05, 0) is 64.9 Å². The number of rotatable bonds is 5. The van der Waals surface area contributed by atoms with Crippen molar-refractivity contribution in [3.05, 3.63) is 29.8 Å². The zero-order valence-corrected chi connectivity index (χ0v) is 14.3. The monoisotopic (exact) mass is 303 g/mol. The number of nitrogens with zero attached hydrogens (tertiary/aromatic N) is 2. The normalized spacial score (nSPS) is 20.9. The van der Waals surface area contributed by atoms with Crippen LogP contribution in [0.15, 0.2) is 24.3 Å². The number of carbonyl (C=O) groups is 1. The van der Waals surface area contributed by atoms with Gasteiger partial charge in [0.15, 0.2) is 0 Å². The summed E-state index contributed by atoms with van der Waals surface area (Å²) < 4.78 is 0. The maximum absolute atomic E-state index is 12.4. The maximum Gasteiger partial charge on any atom is 0.241 e. The number of likely N-dealkylation sites (N-methyl/N-ethyl adjacent to an activating group) is 1. The van der Waals surface area contributed by atoms with Gasteiger partial charge in [-0.2, -0.15) is 0 Å². The highest BCUT2D eigenvalue weighted by Gasteiger charge is 2.24. The highest BCUT2D eigenvalue weighted by atomic mass is 16.2. The number of benzene rings is 1. The number of anilines is 1. The van der Waals surface area contributed by atoms with Crippen molar-refractivity contribution >= 4 is 11.6 Å². The van der Waals surface area contributed by atoms with Crippen LogP contribution < -0.4 is 5.32 Å². The van der Waals surface area contributed by atoms with Crippen molar-refractivity contribution in [1.82, 2.24) is 9.80 Å². The molecule has 4 nitrogen and oxygen atoms in total. The van der Waals surface area contributed by atoms with Crippen molar-refractivity contribution < 1.29 is 4.79 Å². The van der Waals surface area contributed by atoms with Crippen molar-refractivity contribution in [2.45, 2.75) is 32.7 Å². The van der Waals surface area contributed by atoms with E-state index in [9.17, 15) is 4.79 Å². The molecule has 1 N–H and O–H groups in total. The first-order valence-corrected chi connectivity index (χ1v) is 8.22. The minimum Gasteiger partial charge on any atom is -0.324 e. The highest BCUT2D eigenvalue weighted by Crippen LogP contribution is 2.18. The topological polar surface area (TPSA) is 35.6 Å². The summed E-state index contributed by atoms with van der Waals surface area (Å²) in [6, 6.07) is 7.79. The number of hydrogen-bond acceptors (Lipinski definition) is 3. The third kappa shape index (κ3) is 4.55. The molecule has 1 aliphatic rings. The molecular weight excluding hydrogens is 274 g/mol. The molecule has 0 aromatic heterocycles. The zero-order chi connectivity index (χ0) is 16.1. The van der Waals surface area contributed by atoms with Crippen LogP contribution >= 0.6 is 0 Å². The van der Waals surface area contributed by atoms with Gasteiger partial charge in [0.1, 0.15) is 0 Å². The van der Waals surface area contributed by atoms with Crippen molar-refractivity contribution in [1.29, 1.82) is 0 Å². The molecule has 0 bridgehead atoms. The molecular formula is C18H29N3O. The standard InChI is InChI=1S/C18H29N3O/c1-14-8-5-6-10-17(14)19-18(22)15(2)21(4)13-16-9-7-11-20(3)12-16/h5-6,8,10,15-16H,7,9,11-13H2,1-4H3,(H,19,22). The first-order chi connectivity index (χ1) is 10.5. The fourth-order valence-electron chi connectivity index (χ4n) is 3.14. The highest BCUT2D eigenvalue weighted by molar-refractivity contribution is 5.95.